The minimum atomic E-state index is -0.0484. The summed E-state index contributed by atoms with van der Waals surface area (Å²) in [5, 5.41) is 8.99. The Morgan fingerprint density at radius 1 is 1.33 bits per heavy atom. The first-order valence-electron chi connectivity index (χ1n) is 6.61. The maximum atomic E-state index is 8.99. The normalized spacial score (nSPS) is 21.9. The highest BCUT2D eigenvalue weighted by molar-refractivity contribution is 5.37. The van der Waals surface area contributed by atoms with E-state index < -0.39 is 0 Å². The number of rotatable bonds is 3. The van der Waals surface area contributed by atoms with Gasteiger partial charge in [-0.3, -0.25) is 4.98 Å². The molecule has 1 aliphatic heterocycles. The predicted molar refractivity (Wildman–Crippen MR) is 71.5 cm³/mol. The molecule has 0 aliphatic carbocycles. The molecule has 5 nitrogen and oxygen atoms in total. The summed E-state index contributed by atoms with van der Waals surface area (Å²) in [4.78, 5) is 13.4. The second-order valence-corrected chi connectivity index (χ2v) is 4.90. The molecular formula is C13H22N4O. The first-order valence-corrected chi connectivity index (χ1v) is 6.61. The lowest BCUT2D eigenvalue weighted by molar-refractivity contribution is 0.276. The van der Waals surface area contributed by atoms with Gasteiger partial charge >= 0.3 is 0 Å². The van der Waals surface area contributed by atoms with Crippen LogP contribution in [0.5, 0.6) is 0 Å². The van der Waals surface area contributed by atoms with Gasteiger partial charge in [0.1, 0.15) is 5.82 Å². The number of aliphatic hydroxyl groups is 1. The van der Waals surface area contributed by atoms with Crippen molar-refractivity contribution in [2.45, 2.75) is 32.4 Å². The van der Waals surface area contributed by atoms with E-state index in [4.69, 9.17) is 5.11 Å². The number of aromatic nitrogens is 2. The molecule has 1 N–H and O–H groups in total. The number of nitrogens with zero attached hydrogens (tertiary/aromatic N) is 4. The third kappa shape index (κ3) is 2.97. The first kappa shape index (κ1) is 13.2. The van der Waals surface area contributed by atoms with Gasteiger partial charge in [-0.2, -0.15) is 0 Å². The molecule has 2 heterocycles. The monoisotopic (exact) mass is 250 g/mol. The van der Waals surface area contributed by atoms with Crippen molar-refractivity contribution in [1.29, 1.82) is 0 Å². The maximum absolute atomic E-state index is 8.99. The predicted octanol–water partition coefficient (Wildman–Crippen LogP) is 0.889. The van der Waals surface area contributed by atoms with E-state index in [0.717, 1.165) is 38.3 Å². The van der Waals surface area contributed by atoms with Gasteiger partial charge in [-0.15, -0.1) is 0 Å². The minimum Gasteiger partial charge on any atom is -0.390 e. The van der Waals surface area contributed by atoms with Crippen molar-refractivity contribution in [3.05, 3.63) is 18.1 Å². The van der Waals surface area contributed by atoms with Crippen LogP contribution in [0.1, 0.15) is 25.5 Å². The van der Waals surface area contributed by atoms with Crippen LogP contribution in [0.25, 0.3) is 0 Å². The molecule has 0 aromatic carbocycles. The van der Waals surface area contributed by atoms with Crippen molar-refractivity contribution in [2.75, 3.05) is 31.6 Å². The van der Waals surface area contributed by atoms with E-state index in [1.807, 2.05) is 0 Å². The molecule has 1 aliphatic rings. The maximum Gasteiger partial charge on any atom is 0.147 e. The van der Waals surface area contributed by atoms with Gasteiger partial charge in [0.15, 0.2) is 0 Å². The molecule has 18 heavy (non-hydrogen) atoms. The molecule has 1 aromatic heterocycles. The van der Waals surface area contributed by atoms with Crippen molar-refractivity contribution in [3.63, 3.8) is 0 Å². The zero-order chi connectivity index (χ0) is 13.0. The van der Waals surface area contributed by atoms with Crippen molar-refractivity contribution < 1.29 is 5.11 Å². The standard InChI is InChI=1S/C13H22N4O/c1-3-12-9-16(2)5-4-6-17(12)13-8-14-11(10-18)7-15-13/h7-8,12,18H,3-6,9-10H2,1-2H3. The fraction of sp³-hybridized carbons (Fsp3) is 0.692. The van der Waals surface area contributed by atoms with Crippen LogP contribution in [0.15, 0.2) is 12.4 Å². The summed E-state index contributed by atoms with van der Waals surface area (Å²) >= 11 is 0. The van der Waals surface area contributed by atoms with Crippen molar-refractivity contribution in [3.8, 4) is 0 Å². The Morgan fingerprint density at radius 3 is 2.78 bits per heavy atom. The molecule has 1 saturated heterocycles. The van der Waals surface area contributed by atoms with E-state index in [-0.39, 0.29) is 6.61 Å². The lowest BCUT2D eigenvalue weighted by Crippen LogP contribution is -2.40. The smallest absolute Gasteiger partial charge is 0.147 e. The fourth-order valence-electron chi connectivity index (χ4n) is 2.47. The molecule has 5 heteroatoms. The van der Waals surface area contributed by atoms with Crippen LogP contribution >= 0.6 is 0 Å². The zero-order valence-electron chi connectivity index (χ0n) is 11.2. The highest BCUT2D eigenvalue weighted by atomic mass is 16.3. The Kier molecular flexibility index (Phi) is 4.49. The molecular weight excluding hydrogens is 228 g/mol. The van der Waals surface area contributed by atoms with Crippen LogP contribution in [0.4, 0.5) is 5.82 Å². The van der Waals surface area contributed by atoms with Crippen molar-refractivity contribution in [1.82, 2.24) is 14.9 Å². The topological polar surface area (TPSA) is 52.5 Å². The minimum absolute atomic E-state index is 0.0484. The van der Waals surface area contributed by atoms with Gasteiger partial charge in [0, 0.05) is 19.1 Å². The Morgan fingerprint density at radius 2 is 2.17 bits per heavy atom. The van der Waals surface area contributed by atoms with Crippen LogP contribution in [0.2, 0.25) is 0 Å². The molecule has 0 amide bonds. The van der Waals surface area contributed by atoms with Crippen LogP contribution < -0.4 is 4.90 Å². The summed E-state index contributed by atoms with van der Waals surface area (Å²) in [5.41, 5.74) is 0.624. The van der Waals surface area contributed by atoms with Crippen molar-refractivity contribution in [2.24, 2.45) is 0 Å². The molecule has 0 bridgehead atoms. The van der Waals surface area contributed by atoms with Gasteiger partial charge in [0.25, 0.3) is 0 Å². The lowest BCUT2D eigenvalue weighted by Gasteiger charge is -2.30. The second kappa shape index (κ2) is 6.11. The summed E-state index contributed by atoms with van der Waals surface area (Å²) in [6.07, 6.45) is 5.69. The summed E-state index contributed by atoms with van der Waals surface area (Å²) in [7, 11) is 2.17. The Bertz CT molecular complexity index is 368. The van der Waals surface area contributed by atoms with E-state index in [9.17, 15) is 0 Å². The van der Waals surface area contributed by atoms with E-state index in [1.165, 1.54) is 0 Å². The van der Waals surface area contributed by atoms with Gasteiger partial charge in [0.2, 0.25) is 0 Å². The Labute approximate surface area is 108 Å². The highest BCUT2D eigenvalue weighted by Crippen LogP contribution is 2.19. The summed E-state index contributed by atoms with van der Waals surface area (Å²) in [5.74, 6) is 0.925. The molecule has 1 unspecified atom stereocenters. The number of anilines is 1. The molecule has 1 fully saturated rings. The molecule has 2 rings (SSSR count). The van der Waals surface area contributed by atoms with Crippen molar-refractivity contribution >= 4 is 5.82 Å². The number of likely N-dealkylation sites (N-methyl/N-ethyl adjacent to an activating group) is 1. The molecule has 1 atom stereocenters. The molecule has 0 spiro atoms. The van der Waals surface area contributed by atoms with E-state index >= 15 is 0 Å². The first-order chi connectivity index (χ1) is 8.74. The number of aliphatic hydroxyl groups excluding tert-OH is 1. The molecule has 0 saturated carbocycles. The molecule has 1 aromatic rings. The van der Waals surface area contributed by atoms with Crippen LogP contribution in [0.3, 0.4) is 0 Å². The Hall–Kier alpha value is -1.20. The molecule has 0 radical (unpaired) electrons. The van der Waals surface area contributed by atoms with Gasteiger partial charge in [-0.1, -0.05) is 6.92 Å². The largest absolute Gasteiger partial charge is 0.390 e. The fourth-order valence-corrected chi connectivity index (χ4v) is 2.47. The molecule has 100 valence electrons. The summed E-state index contributed by atoms with van der Waals surface area (Å²) in [6.45, 7) is 5.39. The quantitative estimate of drug-likeness (QED) is 0.863. The van der Waals surface area contributed by atoms with Gasteiger partial charge in [0.05, 0.1) is 24.7 Å². The van der Waals surface area contributed by atoms with Crippen LogP contribution in [-0.2, 0) is 6.61 Å². The van der Waals surface area contributed by atoms with E-state index in [2.05, 4.69) is 33.7 Å². The van der Waals surface area contributed by atoms with Gasteiger partial charge in [-0.25, -0.2) is 4.98 Å². The Balaban J connectivity index is 2.17. The number of hydrogen-bond acceptors (Lipinski definition) is 5. The average Bonchev–Trinajstić information content (AvgIpc) is 2.60. The van der Waals surface area contributed by atoms with E-state index in [0.29, 0.717) is 11.7 Å². The lowest BCUT2D eigenvalue weighted by atomic mass is 10.2. The third-order valence-electron chi connectivity index (χ3n) is 3.52. The summed E-state index contributed by atoms with van der Waals surface area (Å²) < 4.78 is 0. The zero-order valence-corrected chi connectivity index (χ0v) is 11.2. The number of hydrogen-bond donors (Lipinski definition) is 1. The highest BCUT2D eigenvalue weighted by Gasteiger charge is 2.23. The van der Waals surface area contributed by atoms with E-state index in [1.54, 1.807) is 12.4 Å². The average molecular weight is 250 g/mol. The summed E-state index contributed by atoms with van der Waals surface area (Å²) in [6, 6.07) is 0.492. The second-order valence-electron chi connectivity index (χ2n) is 4.90. The van der Waals surface area contributed by atoms with Crippen LogP contribution in [-0.4, -0.2) is 52.7 Å². The SMILES string of the molecule is CCC1CN(C)CCCN1c1cnc(CO)cn1. The van der Waals surface area contributed by atoms with Crippen LogP contribution in [0, 0.1) is 0 Å². The van der Waals surface area contributed by atoms with Gasteiger partial charge < -0.3 is 14.9 Å². The third-order valence-corrected chi connectivity index (χ3v) is 3.52. The van der Waals surface area contributed by atoms with Gasteiger partial charge in [-0.05, 0) is 26.4 Å².